The Hall–Kier alpha value is -1.25. The van der Waals surface area contributed by atoms with Crippen LogP contribution in [0.1, 0.15) is 11.1 Å². The predicted molar refractivity (Wildman–Crippen MR) is 74.7 cm³/mol. The number of rotatable bonds is 4. The number of hydrogen-bond donors (Lipinski definition) is 1. The van der Waals surface area contributed by atoms with Crippen LogP contribution in [0.3, 0.4) is 0 Å². The third-order valence-corrected chi connectivity index (χ3v) is 3.27. The Morgan fingerprint density at radius 1 is 1.11 bits per heavy atom. The van der Waals surface area contributed by atoms with Gasteiger partial charge in [-0.3, -0.25) is 0 Å². The zero-order valence-electron chi connectivity index (χ0n) is 9.59. The first-order valence-electron chi connectivity index (χ1n) is 5.52. The van der Waals surface area contributed by atoms with Crippen LogP contribution in [0.25, 0.3) is 0 Å². The summed E-state index contributed by atoms with van der Waals surface area (Å²) >= 11 is 11.7. The van der Waals surface area contributed by atoms with E-state index in [9.17, 15) is 4.39 Å². The Bertz CT molecular complexity index is 523. The van der Waals surface area contributed by atoms with Crippen molar-refractivity contribution in [3.05, 3.63) is 64.4 Å². The average Bonchev–Trinajstić information content (AvgIpc) is 2.38. The molecule has 1 N–H and O–H groups in total. The van der Waals surface area contributed by atoms with Gasteiger partial charge in [-0.25, -0.2) is 4.39 Å². The number of hydrogen-bond acceptors (Lipinski definition) is 1. The van der Waals surface area contributed by atoms with Crippen LogP contribution in [0.15, 0.2) is 42.5 Å². The largest absolute Gasteiger partial charge is 0.381 e. The van der Waals surface area contributed by atoms with E-state index in [0.717, 1.165) is 11.3 Å². The molecule has 0 bridgehead atoms. The van der Waals surface area contributed by atoms with Gasteiger partial charge in [-0.1, -0.05) is 29.8 Å². The van der Waals surface area contributed by atoms with E-state index in [-0.39, 0.29) is 5.82 Å². The molecule has 1 nitrogen and oxygen atoms in total. The molecule has 0 saturated heterocycles. The number of alkyl halides is 1. The lowest BCUT2D eigenvalue weighted by molar-refractivity contribution is 0.613. The maximum Gasteiger partial charge on any atom is 0.129 e. The van der Waals surface area contributed by atoms with Gasteiger partial charge in [0.25, 0.3) is 0 Å². The van der Waals surface area contributed by atoms with Gasteiger partial charge in [-0.2, -0.15) is 0 Å². The highest BCUT2D eigenvalue weighted by molar-refractivity contribution is 6.31. The van der Waals surface area contributed by atoms with E-state index in [1.807, 2.05) is 24.3 Å². The minimum absolute atomic E-state index is 0.302. The molecule has 0 unspecified atom stereocenters. The Balaban J connectivity index is 2.11. The van der Waals surface area contributed by atoms with Gasteiger partial charge in [-0.15, -0.1) is 11.6 Å². The van der Waals surface area contributed by atoms with Gasteiger partial charge in [0.15, 0.2) is 0 Å². The monoisotopic (exact) mass is 283 g/mol. The van der Waals surface area contributed by atoms with Crippen molar-refractivity contribution in [3.63, 3.8) is 0 Å². The maximum atomic E-state index is 13.6. The summed E-state index contributed by atoms with van der Waals surface area (Å²) < 4.78 is 13.6. The van der Waals surface area contributed by atoms with Crippen molar-refractivity contribution in [2.75, 3.05) is 5.32 Å². The van der Waals surface area contributed by atoms with E-state index in [1.165, 1.54) is 6.07 Å². The topological polar surface area (TPSA) is 12.0 Å². The lowest BCUT2D eigenvalue weighted by atomic mass is 10.2. The molecule has 0 radical (unpaired) electrons. The molecule has 0 spiro atoms. The van der Waals surface area contributed by atoms with Gasteiger partial charge in [0.2, 0.25) is 0 Å². The number of halogens is 3. The minimum atomic E-state index is -0.302. The zero-order chi connectivity index (χ0) is 13.0. The number of nitrogens with one attached hydrogen (secondary N) is 1. The minimum Gasteiger partial charge on any atom is -0.381 e. The summed E-state index contributed by atoms with van der Waals surface area (Å²) in [5.74, 6) is 0.152. The number of benzene rings is 2. The molecule has 94 valence electrons. The molecule has 0 atom stereocenters. The van der Waals surface area contributed by atoms with Gasteiger partial charge >= 0.3 is 0 Å². The van der Waals surface area contributed by atoms with Crippen molar-refractivity contribution in [3.8, 4) is 0 Å². The van der Waals surface area contributed by atoms with E-state index >= 15 is 0 Å². The van der Waals surface area contributed by atoms with Gasteiger partial charge in [0.05, 0.1) is 0 Å². The molecule has 2 aromatic carbocycles. The van der Waals surface area contributed by atoms with E-state index in [4.69, 9.17) is 23.2 Å². The van der Waals surface area contributed by atoms with E-state index in [2.05, 4.69) is 5.32 Å². The van der Waals surface area contributed by atoms with Crippen LogP contribution in [0, 0.1) is 5.82 Å². The van der Waals surface area contributed by atoms with Gasteiger partial charge in [-0.05, 0) is 29.8 Å². The van der Waals surface area contributed by atoms with Crippen LogP contribution < -0.4 is 5.32 Å². The third-order valence-electron chi connectivity index (χ3n) is 2.61. The molecule has 4 heteroatoms. The molecule has 2 rings (SSSR count). The Morgan fingerprint density at radius 2 is 1.89 bits per heavy atom. The van der Waals surface area contributed by atoms with Crippen LogP contribution in [0.5, 0.6) is 0 Å². The second-order valence-electron chi connectivity index (χ2n) is 3.89. The van der Waals surface area contributed by atoms with Gasteiger partial charge in [0.1, 0.15) is 5.82 Å². The normalized spacial score (nSPS) is 10.4. The smallest absolute Gasteiger partial charge is 0.129 e. The van der Waals surface area contributed by atoms with Crippen LogP contribution in [-0.4, -0.2) is 0 Å². The quantitative estimate of drug-likeness (QED) is 0.793. The van der Waals surface area contributed by atoms with Crippen molar-refractivity contribution >= 4 is 28.9 Å². The summed E-state index contributed by atoms with van der Waals surface area (Å²) in [5.41, 5.74) is 2.38. The van der Waals surface area contributed by atoms with Crippen molar-refractivity contribution < 1.29 is 4.39 Å². The van der Waals surface area contributed by atoms with E-state index < -0.39 is 0 Å². The molecule has 0 aromatic heterocycles. The zero-order valence-corrected chi connectivity index (χ0v) is 11.1. The molecule has 0 aliphatic heterocycles. The van der Waals surface area contributed by atoms with Gasteiger partial charge < -0.3 is 5.32 Å². The molecule has 18 heavy (non-hydrogen) atoms. The first-order valence-corrected chi connectivity index (χ1v) is 6.43. The average molecular weight is 284 g/mol. The van der Waals surface area contributed by atoms with Crippen LogP contribution in [0.2, 0.25) is 5.02 Å². The van der Waals surface area contributed by atoms with E-state index in [1.54, 1.807) is 12.1 Å². The fourth-order valence-electron chi connectivity index (χ4n) is 1.66. The van der Waals surface area contributed by atoms with Gasteiger partial charge in [0, 0.05) is 28.7 Å². The first kappa shape index (κ1) is 13.2. The summed E-state index contributed by atoms with van der Waals surface area (Å²) in [6.45, 7) is 0.344. The Labute approximate surface area is 116 Å². The van der Waals surface area contributed by atoms with Crippen LogP contribution in [0.4, 0.5) is 10.1 Å². The van der Waals surface area contributed by atoms with Crippen molar-refractivity contribution in [1.29, 1.82) is 0 Å². The fourth-order valence-corrected chi connectivity index (χ4v) is 2.05. The summed E-state index contributed by atoms with van der Waals surface area (Å²) in [6.07, 6.45) is 0. The highest BCUT2D eigenvalue weighted by atomic mass is 35.5. The highest BCUT2D eigenvalue weighted by Crippen LogP contribution is 2.21. The molecular formula is C14H12Cl2FN. The second kappa shape index (κ2) is 6.07. The molecule has 0 heterocycles. The number of anilines is 1. The lowest BCUT2D eigenvalue weighted by Gasteiger charge is -2.09. The molecule has 0 aliphatic rings. The molecule has 0 aliphatic carbocycles. The van der Waals surface area contributed by atoms with Crippen LogP contribution >= 0.6 is 23.2 Å². The molecule has 2 aromatic rings. The Morgan fingerprint density at radius 3 is 2.61 bits per heavy atom. The fraction of sp³-hybridized carbons (Fsp3) is 0.143. The maximum absolute atomic E-state index is 13.6. The first-order chi connectivity index (χ1) is 8.70. The highest BCUT2D eigenvalue weighted by Gasteiger charge is 2.06. The third kappa shape index (κ3) is 3.15. The second-order valence-corrected chi connectivity index (χ2v) is 4.56. The summed E-state index contributed by atoms with van der Waals surface area (Å²) in [4.78, 5) is 0. The Kier molecular flexibility index (Phi) is 4.45. The summed E-state index contributed by atoms with van der Waals surface area (Å²) in [5, 5.41) is 3.56. The molecule has 0 saturated carbocycles. The van der Waals surface area contributed by atoms with Crippen molar-refractivity contribution in [2.45, 2.75) is 12.4 Å². The molecular weight excluding hydrogens is 272 g/mol. The predicted octanol–water partition coefficient (Wildman–Crippen LogP) is 4.83. The van der Waals surface area contributed by atoms with Crippen molar-refractivity contribution in [2.24, 2.45) is 0 Å². The van der Waals surface area contributed by atoms with Crippen molar-refractivity contribution in [1.82, 2.24) is 0 Å². The van der Waals surface area contributed by atoms with E-state index in [0.29, 0.717) is 23.0 Å². The lowest BCUT2D eigenvalue weighted by Crippen LogP contribution is -2.02. The standard InChI is InChI=1S/C14H12Cl2FN/c15-8-10-3-1-4-11(7-10)18-9-12-13(16)5-2-6-14(12)17/h1-7,18H,8-9H2. The summed E-state index contributed by atoms with van der Waals surface area (Å²) in [6, 6.07) is 12.4. The SMILES string of the molecule is Fc1cccc(Cl)c1CNc1cccc(CCl)c1. The molecule has 0 amide bonds. The molecule has 0 fully saturated rings. The summed E-state index contributed by atoms with van der Waals surface area (Å²) in [7, 11) is 0. The van der Waals surface area contributed by atoms with Crippen LogP contribution in [-0.2, 0) is 12.4 Å².